The molecule has 0 bridgehead atoms. The zero-order chi connectivity index (χ0) is 10.9. The molecule has 1 atom stereocenters. The standard InChI is InChI=1S/C11H19NO3/c1-2-12-7-9(10(13)14)11(8-12)3-5-15-6-4-11/h9H,2-8H2,1H3,(H,13,14)/t9-/m1/s1. The summed E-state index contributed by atoms with van der Waals surface area (Å²) in [7, 11) is 0. The van der Waals surface area contributed by atoms with Gasteiger partial charge in [-0.3, -0.25) is 4.79 Å². The molecule has 15 heavy (non-hydrogen) atoms. The zero-order valence-corrected chi connectivity index (χ0v) is 9.24. The third kappa shape index (κ3) is 1.88. The van der Waals surface area contributed by atoms with Gasteiger partial charge in [0.15, 0.2) is 0 Å². The van der Waals surface area contributed by atoms with E-state index in [9.17, 15) is 9.90 Å². The van der Waals surface area contributed by atoms with Crippen molar-refractivity contribution in [3.63, 3.8) is 0 Å². The Kier molecular flexibility index (Phi) is 2.98. The number of carbonyl (C=O) groups is 1. The minimum Gasteiger partial charge on any atom is -0.481 e. The molecule has 86 valence electrons. The molecule has 2 fully saturated rings. The number of hydrogen-bond acceptors (Lipinski definition) is 3. The van der Waals surface area contributed by atoms with Crippen LogP contribution in [0.1, 0.15) is 19.8 Å². The van der Waals surface area contributed by atoms with Gasteiger partial charge in [0.05, 0.1) is 5.92 Å². The molecule has 1 N–H and O–H groups in total. The fourth-order valence-electron chi connectivity index (χ4n) is 2.94. The van der Waals surface area contributed by atoms with Crippen LogP contribution in [0, 0.1) is 11.3 Å². The van der Waals surface area contributed by atoms with Gasteiger partial charge in [-0.15, -0.1) is 0 Å². The first-order chi connectivity index (χ1) is 7.18. The Morgan fingerprint density at radius 2 is 2.20 bits per heavy atom. The van der Waals surface area contributed by atoms with Gasteiger partial charge in [0.2, 0.25) is 0 Å². The lowest BCUT2D eigenvalue weighted by atomic mass is 9.72. The van der Waals surface area contributed by atoms with Gasteiger partial charge < -0.3 is 14.7 Å². The van der Waals surface area contributed by atoms with Crippen molar-refractivity contribution in [1.82, 2.24) is 4.90 Å². The van der Waals surface area contributed by atoms with Crippen LogP contribution < -0.4 is 0 Å². The molecule has 0 aromatic carbocycles. The van der Waals surface area contributed by atoms with E-state index in [1.54, 1.807) is 0 Å². The Balaban J connectivity index is 2.16. The summed E-state index contributed by atoms with van der Waals surface area (Å²) >= 11 is 0. The molecule has 2 saturated heterocycles. The average Bonchev–Trinajstić information content (AvgIpc) is 2.58. The summed E-state index contributed by atoms with van der Waals surface area (Å²) < 4.78 is 5.34. The number of ether oxygens (including phenoxy) is 1. The molecule has 1 spiro atoms. The molecule has 0 aromatic rings. The molecule has 0 unspecified atom stereocenters. The van der Waals surface area contributed by atoms with Crippen molar-refractivity contribution in [2.75, 3.05) is 32.8 Å². The predicted octanol–water partition coefficient (Wildman–Crippen LogP) is 0.819. The molecule has 0 aliphatic carbocycles. The topological polar surface area (TPSA) is 49.8 Å². The molecule has 0 aromatic heterocycles. The van der Waals surface area contributed by atoms with Gasteiger partial charge in [0, 0.05) is 31.7 Å². The van der Waals surface area contributed by atoms with Gasteiger partial charge in [0.25, 0.3) is 0 Å². The number of nitrogens with zero attached hydrogens (tertiary/aromatic N) is 1. The van der Waals surface area contributed by atoms with Crippen LogP contribution in [0.2, 0.25) is 0 Å². The van der Waals surface area contributed by atoms with Gasteiger partial charge in [-0.25, -0.2) is 0 Å². The van der Waals surface area contributed by atoms with Crippen molar-refractivity contribution in [1.29, 1.82) is 0 Å². The maximum atomic E-state index is 11.3. The number of carboxylic acid groups (broad SMARTS) is 1. The van der Waals surface area contributed by atoms with Gasteiger partial charge >= 0.3 is 5.97 Å². The minimum atomic E-state index is -0.632. The molecular formula is C11H19NO3. The Morgan fingerprint density at radius 3 is 2.73 bits per heavy atom. The third-order valence-electron chi connectivity index (χ3n) is 3.95. The summed E-state index contributed by atoms with van der Waals surface area (Å²) in [4.78, 5) is 13.5. The van der Waals surface area contributed by atoms with Crippen LogP contribution >= 0.6 is 0 Å². The molecule has 4 nitrogen and oxygen atoms in total. The largest absolute Gasteiger partial charge is 0.481 e. The van der Waals surface area contributed by atoms with Crippen LogP contribution in [0.4, 0.5) is 0 Å². The van der Waals surface area contributed by atoms with Gasteiger partial charge in [-0.1, -0.05) is 6.92 Å². The van der Waals surface area contributed by atoms with E-state index in [1.807, 2.05) is 0 Å². The first-order valence-corrected chi connectivity index (χ1v) is 5.71. The van der Waals surface area contributed by atoms with Crippen molar-refractivity contribution in [2.24, 2.45) is 11.3 Å². The number of hydrogen-bond donors (Lipinski definition) is 1. The van der Waals surface area contributed by atoms with Gasteiger partial charge in [-0.05, 0) is 19.4 Å². The highest BCUT2D eigenvalue weighted by Crippen LogP contribution is 2.44. The van der Waals surface area contributed by atoms with Crippen LogP contribution in [-0.4, -0.2) is 48.8 Å². The molecule has 2 aliphatic rings. The Morgan fingerprint density at radius 1 is 1.53 bits per heavy atom. The summed E-state index contributed by atoms with van der Waals surface area (Å²) in [5, 5.41) is 9.28. The molecule has 0 amide bonds. The second-order valence-corrected chi connectivity index (χ2v) is 4.69. The maximum absolute atomic E-state index is 11.3. The van der Waals surface area contributed by atoms with Crippen LogP contribution in [0.3, 0.4) is 0 Å². The lowest BCUT2D eigenvalue weighted by molar-refractivity contribution is -0.146. The average molecular weight is 213 g/mol. The fourth-order valence-corrected chi connectivity index (χ4v) is 2.94. The lowest BCUT2D eigenvalue weighted by Crippen LogP contribution is -2.40. The minimum absolute atomic E-state index is 0.0138. The molecule has 2 heterocycles. The van der Waals surface area contributed by atoms with E-state index in [0.717, 1.165) is 39.1 Å². The van der Waals surface area contributed by atoms with Crippen molar-refractivity contribution in [2.45, 2.75) is 19.8 Å². The number of carboxylic acids is 1. The highest BCUT2D eigenvalue weighted by Gasteiger charge is 2.50. The van der Waals surface area contributed by atoms with E-state index in [4.69, 9.17) is 4.74 Å². The molecule has 0 saturated carbocycles. The van der Waals surface area contributed by atoms with Crippen molar-refractivity contribution >= 4 is 5.97 Å². The van der Waals surface area contributed by atoms with Crippen LogP contribution in [0.25, 0.3) is 0 Å². The highest BCUT2D eigenvalue weighted by molar-refractivity contribution is 5.72. The SMILES string of the molecule is CCN1C[C@H](C(=O)O)C2(CCOCC2)C1. The summed E-state index contributed by atoms with van der Waals surface area (Å²) in [6.45, 7) is 6.14. The van der Waals surface area contributed by atoms with Crippen molar-refractivity contribution in [3.8, 4) is 0 Å². The predicted molar refractivity (Wildman–Crippen MR) is 55.7 cm³/mol. The molecular weight excluding hydrogens is 194 g/mol. The second-order valence-electron chi connectivity index (χ2n) is 4.69. The smallest absolute Gasteiger partial charge is 0.308 e. The van der Waals surface area contributed by atoms with E-state index in [1.165, 1.54) is 0 Å². The number of rotatable bonds is 2. The van der Waals surface area contributed by atoms with Crippen molar-refractivity contribution in [3.05, 3.63) is 0 Å². The summed E-state index contributed by atoms with van der Waals surface area (Å²) in [6, 6.07) is 0. The monoisotopic (exact) mass is 213 g/mol. The van der Waals surface area contributed by atoms with E-state index in [0.29, 0.717) is 6.54 Å². The first-order valence-electron chi connectivity index (χ1n) is 5.71. The highest BCUT2D eigenvalue weighted by atomic mass is 16.5. The maximum Gasteiger partial charge on any atom is 0.308 e. The van der Waals surface area contributed by atoms with E-state index in [2.05, 4.69) is 11.8 Å². The molecule has 4 heteroatoms. The van der Waals surface area contributed by atoms with E-state index in [-0.39, 0.29) is 11.3 Å². The van der Waals surface area contributed by atoms with Gasteiger partial charge in [0.1, 0.15) is 0 Å². The van der Waals surface area contributed by atoms with Crippen LogP contribution in [-0.2, 0) is 9.53 Å². The summed E-state index contributed by atoms with van der Waals surface area (Å²) in [6.07, 6.45) is 1.81. The third-order valence-corrected chi connectivity index (χ3v) is 3.95. The van der Waals surface area contributed by atoms with E-state index < -0.39 is 5.97 Å². The zero-order valence-electron chi connectivity index (χ0n) is 9.24. The van der Waals surface area contributed by atoms with Gasteiger partial charge in [-0.2, -0.15) is 0 Å². The number of aliphatic carboxylic acids is 1. The second kappa shape index (κ2) is 4.10. The van der Waals surface area contributed by atoms with E-state index >= 15 is 0 Å². The molecule has 2 aliphatic heterocycles. The first kappa shape index (κ1) is 10.9. The Hall–Kier alpha value is -0.610. The normalized spacial score (nSPS) is 30.9. The summed E-state index contributed by atoms with van der Waals surface area (Å²) in [5.41, 5.74) is -0.0138. The lowest BCUT2D eigenvalue weighted by Gasteiger charge is -2.36. The quantitative estimate of drug-likeness (QED) is 0.738. The van der Waals surface area contributed by atoms with Crippen LogP contribution in [0.15, 0.2) is 0 Å². The Labute approximate surface area is 90.2 Å². The molecule has 0 radical (unpaired) electrons. The number of likely N-dealkylation sites (tertiary alicyclic amines) is 1. The van der Waals surface area contributed by atoms with Crippen molar-refractivity contribution < 1.29 is 14.6 Å². The fraction of sp³-hybridized carbons (Fsp3) is 0.909. The van der Waals surface area contributed by atoms with Crippen LogP contribution in [0.5, 0.6) is 0 Å². The Bertz CT molecular complexity index is 248. The summed E-state index contributed by atoms with van der Waals surface area (Å²) in [5.74, 6) is -0.825. The molecule has 2 rings (SSSR count).